The summed E-state index contributed by atoms with van der Waals surface area (Å²) in [5, 5.41) is 6.81. The highest BCUT2D eigenvalue weighted by Crippen LogP contribution is 2.24. The second-order valence-corrected chi connectivity index (χ2v) is 9.36. The maximum atomic E-state index is 13.6. The summed E-state index contributed by atoms with van der Waals surface area (Å²) >= 11 is 0. The van der Waals surface area contributed by atoms with Crippen molar-refractivity contribution in [3.63, 3.8) is 0 Å². The van der Waals surface area contributed by atoms with Crippen molar-refractivity contribution in [1.29, 1.82) is 0 Å². The van der Waals surface area contributed by atoms with Crippen molar-refractivity contribution in [2.45, 2.75) is 38.5 Å². The van der Waals surface area contributed by atoms with Gasteiger partial charge in [-0.3, -0.25) is 4.79 Å². The van der Waals surface area contributed by atoms with E-state index in [4.69, 9.17) is 9.47 Å². The number of benzene rings is 3. The maximum absolute atomic E-state index is 13.6. The number of carbonyl (C=O) groups is 3. The van der Waals surface area contributed by atoms with Gasteiger partial charge in [0.2, 0.25) is 5.91 Å². The number of aromatic amines is 1. The fourth-order valence-corrected chi connectivity index (χ4v) is 4.29. The molecule has 196 valence electrons. The number of ether oxygens (including phenoxy) is 2. The Bertz CT molecular complexity index is 1410. The van der Waals surface area contributed by atoms with Crippen LogP contribution >= 0.6 is 0 Å². The maximum Gasteiger partial charge on any atom is 0.408 e. The molecule has 4 aromatic rings. The van der Waals surface area contributed by atoms with Crippen LogP contribution in [0.2, 0.25) is 0 Å². The molecule has 0 saturated carbocycles. The summed E-state index contributed by atoms with van der Waals surface area (Å²) in [7, 11) is 1.31. The van der Waals surface area contributed by atoms with Gasteiger partial charge in [0.05, 0.1) is 18.7 Å². The number of H-pyrrole nitrogens is 1. The number of nitrogens with one attached hydrogen (secondary N) is 3. The van der Waals surface area contributed by atoms with Crippen LogP contribution in [0.1, 0.15) is 46.9 Å². The molecule has 2 atom stereocenters. The van der Waals surface area contributed by atoms with E-state index in [0.29, 0.717) is 11.1 Å². The van der Waals surface area contributed by atoms with E-state index in [-0.39, 0.29) is 25.0 Å². The third kappa shape index (κ3) is 6.21. The van der Waals surface area contributed by atoms with E-state index in [1.54, 1.807) is 31.2 Å². The summed E-state index contributed by atoms with van der Waals surface area (Å²) in [5.74, 6) is -0.780. The van der Waals surface area contributed by atoms with Gasteiger partial charge in [-0.1, -0.05) is 60.7 Å². The predicted octanol–water partition coefficient (Wildman–Crippen LogP) is 5.06. The minimum absolute atomic E-state index is 0.0293. The first-order valence-corrected chi connectivity index (χ1v) is 12.3. The van der Waals surface area contributed by atoms with E-state index < -0.39 is 17.6 Å². The molecule has 0 aliphatic rings. The minimum Gasteiger partial charge on any atom is -0.465 e. The smallest absolute Gasteiger partial charge is 0.408 e. The van der Waals surface area contributed by atoms with Gasteiger partial charge in [0.15, 0.2) is 0 Å². The molecule has 0 bridgehead atoms. The first-order chi connectivity index (χ1) is 18.3. The molecule has 0 fully saturated rings. The van der Waals surface area contributed by atoms with Gasteiger partial charge in [-0.2, -0.15) is 0 Å². The fourth-order valence-electron chi connectivity index (χ4n) is 4.29. The predicted molar refractivity (Wildman–Crippen MR) is 145 cm³/mol. The summed E-state index contributed by atoms with van der Waals surface area (Å²) in [5.41, 5.74) is 2.57. The number of fused-ring (bicyclic) bond motifs is 1. The zero-order valence-electron chi connectivity index (χ0n) is 21.6. The number of rotatable bonds is 9. The number of hydrogen-bond acceptors (Lipinski definition) is 5. The van der Waals surface area contributed by atoms with Crippen LogP contribution < -0.4 is 10.6 Å². The molecule has 4 rings (SSSR count). The highest BCUT2D eigenvalue weighted by Gasteiger charge is 2.37. The second kappa shape index (κ2) is 11.6. The Kier molecular flexibility index (Phi) is 8.11. The summed E-state index contributed by atoms with van der Waals surface area (Å²) < 4.78 is 10.1. The number of amides is 2. The van der Waals surface area contributed by atoms with Crippen molar-refractivity contribution >= 4 is 28.9 Å². The Morgan fingerprint density at radius 1 is 0.947 bits per heavy atom. The Morgan fingerprint density at radius 2 is 1.63 bits per heavy atom. The average Bonchev–Trinajstić information content (AvgIpc) is 3.34. The van der Waals surface area contributed by atoms with Crippen LogP contribution in [0, 0.1) is 0 Å². The Labute approximate surface area is 221 Å². The molecule has 1 heterocycles. The van der Waals surface area contributed by atoms with Crippen LogP contribution in [0.25, 0.3) is 10.9 Å². The Hall–Kier alpha value is -4.59. The molecular weight excluding hydrogens is 482 g/mol. The molecule has 0 unspecified atom stereocenters. The lowest BCUT2D eigenvalue weighted by molar-refractivity contribution is -0.127. The molecule has 1 aromatic heterocycles. The summed E-state index contributed by atoms with van der Waals surface area (Å²) in [6.07, 6.45) is 1.37. The van der Waals surface area contributed by atoms with Crippen LogP contribution in [0.15, 0.2) is 85.1 Å². The molecule has 0 radical (unpaired) electrons. The first kappa shape index (κ1) is 26.5. The molecule has 0 aliphatic heterocycles. The highest BCUT2D eigenvalue weighted by molar-refractivity contribution is 5.92. The van der Waals surface area contributed by atoms with E-state index >= 15 is 0 Å². The van der Waals surface area contributed by atoms with Crippen molar-refractivity contribution < 1.29 is 23.9 Å². The molecule has 0 aliphatic carbocycles. The zero-order chi connectivity index (χ0) is 27.1. The van der Waals surface area contributed by atoms with Crippen molar-refractivity contribution in [3.05, 3.63) is 107 Å². The molecule has 8 heteroatoms. The quantitative estimate of drug-likeness (QED) is 0.271. The third-order valence-corrected chi connectivity index (χ3v) is 6.49. The van der Waals surface area contributed by atoms with Crippen LogP contribution in [-0.4, -0.2) is 35.6 Å². The highest BCUT2D eigenvalue weighted by atomic mass is 16.5. The van der Waals surface area contributed by atoms with Gasteiger partial charge in [0, 0.05) is 23.5 Å². The Morgan fingerprint density at radius 3 is 2.34 bits per heavy atom. The van der Waals surface area contributed by atoms with E-state index in [9.17, 15) is 14.4 Å². The number of aromatic nitrogens is 1. The number of hydrogen-bond donors (Lipinski definition) is 3. The number of esters is 1. The molecule has 0 saturated heterocycles. The molecule has 3 aromatic carbocycles. The molecule has 3 N–H and O–H groups in total. The van der Waals surface area contributed by atoms with Gasteiger partial charge in [-0.25, -0.2) is 9.59 Å². The van der Waals surface area contributed by atoms with Gasteiger partial charge in [0.25, 0.3) is 0 Å². The number of alkyl carbamates (subject to hydrolysis) is 1. The molecule has 0 spiro atoms. The van der Waals surface area contributed by atoms with E-state index in [0.717, 1.165) is 22.0 Å². The lowest BCUT2D eigenvalue weighted by Crippen LogP contribution is -2.58. The molecule has 2 amide bonds. The van der Waals surface area contributed by atoms with E-state index in [1.165, 1.54) is 7.11 Å². The minimum atomic E-state index is -1.31. The van der Waals surface area contributed by atoms with Gasteiger partial charge >= 0.3 is 12.1 Å². The standard InChI is InChI=1S/C30H31N3O5/c1-20(22-9-5-4-6-10-22)32-28(35)30(2,17-24-18-31-26-12-8-7-11-25(24)26)33-29(36)38-19-21-13-15-23(16-14-21)27(34)37-3/h4-16,18,20,31H,17,19H2,1-3H3,(H,32,35)(H,33,36)/t20-,30+/m0/s1. The molecule has 38 heavy (non-hydrogen) atoms. The van der Waals surface area contributed by atoms with Gasteiger partial charge in [0.1, 0.15) is 12.1 Å². The average molecular weight is 514 g/mol. The summed E-state index contributed by atoms with van der Waals surface area (Å²) in [6.45, 7) is 3.56. The third-order valence-electron chi connectivity index (χ3n) is 6.49. The Balaban J connectivity index is 1.50. The van der Waals surface area contributed by atoms with Crippen molar-refractivity contribution in [2.75, 3.05) is 7.11 Å². The number of carbonyl (C=O) groups excluding carboxylic acids is 3. The molecular formula is C30H31N3O5. The normalized spacial score (nSPS) is 13.2. The topological polar surface area (TPSA) is 110 Å². The van der Waals surface area contributed by atoms with Gasteiger partial charge in [-0.05, 0) is 48.7 Å². The van der Waals surface area contributed by atoms with Gasteiger partial charge < -0.3 is 25.1 Å². The van der Waals surface area contributed by atoms with Crippen LogP contribution in [0.4, 0.5) is 4.79 Å². The fraction of sp³-hybridized carbons (Fsp3) is 0.233. The summed E-state index contributed by atoms with van der Waals surface area (Å²) in [4.78, 5) is 41.4. The van der Waals surface area contributed by atoms with E-state index in [1.807, 2.05) is 67.7 Å². The molecule has 8 nitrogen and oxygen atoms in total. The SMILES string of the molecule is COC(=O)c1ccc(COC(=O)N[C@](C)(Cc2c[nH]c3ccccc23)C(=O)N[C@@H](C)c2ccccc2)cc1. The summed E-state index contributed by atoms with van der Waals surface area (Å²) in [6, 6.07) is 23.7. The van der Waals surface area contributed by atoms with E-state index in [2.05, 4.69) is 15.6 Å². The van der Waals surface area contributed by atoms with Gasteiger partial charge in [-0.15, -0.1) is 0 Å². The van der Waals surface area contributed by atoms with Crippen LogP contribution in [-0.2, 0) is 27.3 Å². The largest absolute Gasteiger partial charge is 0.465 e. The van der Waals surface area contributed by atoms with Crippen LogP contribution in [0.5, 0.6) is 0 Å². The number of para-hydroxylation sites is 1. The lowest BCUT2D eigenvalue weighted by atomic mass is 9.91. The second-order valence-electron chi connectivity index (χ2n) is 9.36. The van der Waals surface area contributed by atoms with Crippen LogP contribution in [0.3, 0.4) is 0 Å². The monoisotopic (exact) mass is 513 g/mol. The van der Waals surface area contributed by atoms with Crippen molar-refractivity contribution in [2.24, 2.45) is 0 Å². The number of methoxy groups -OCH3 is 1. The zero-order valence-corrected chi connectivity index (χ0v) is 21.6. The lowest BCUT2D eigenvalue weighted by Gasteiger charge is -2.31. The van der Waals surface area contributed by atoms with Crippen molar-refractivity contribution in [3.8, 4) is 0 Å². The van der Waals surface area contributed by atoms with Crippen molar-refractivity contribution in [1.82, 2.24) is 15.6 Å². The first-order valence-electron chi connectivity index (χ1n) is 12.3.